The molecule has 0 aliphatic carbocycles. The van der Waals surface area contributed by atoms with E-state index in [9.17, 15) is 0 Å². The Hall–Kier alpha value is -1.69. The first-order valence-electron chi connectivity index (χ1n) is 6.08. The zero-order chi connectivity index (χ0) is 13.9. The van der Waals surface area contributed by atoms with Crippen molar-refractivity contribution in [3.05, 3.63) is 69.0 Å². The lowest BCUT2D eigenvalue weighted by Crippen LogP contribution is -2.10. The van der Waals surface area contributed by atoms with Crippen LogP contribution >= 0.6 is 22.9 Å². The van der Waals surface area contributed by atoms with Gasteiger partial charge in [-0.3, -0.25) is 0 Å². The van der Waals surface area contributed by atoms with Crippen molar-refractivity contribution < 1.29 is 4.52 Å². The van der Waals surface area contributed by atoms with Crippen LogP contribution in [0.4, 0.5) is 0 Å². The highest BCUT2D eigenvalue weighted by atomic mass is 35.5. The Morgan fingerprint density at radius 1 is 1.25 bits per heavy atom. The fraction of sp³-hybridized carbons (Fsp3) is 0.143. The van der Waals surface area contributed by atoms with Crippen molar-refractivity contribution in [1.82, 2.24) is 10.1 Å². The summed E-state index contributed by atoms with van der Waals surface area (Å²) in [5, 5.41) is 6.65. The second-order valence-corrected chi connectivity index (χ2v) is 5.76. The van der Waals surface area contributed by atoms with E-state index in [1.807, 2.05) is 41.8 Å². The van der Waals surface area contributed by atoms with Crippen LogP contribution in [-0.2, 0) is 6.42 Å². The first-order valence-corrected chi connectivity index (χ1v) is 7.34. The predicted octanol–water partition coefficient (Wildman–Crippen LogP) is 3.42. The zero-order valence-electron chi connectivity index (χ0n) is 10.5. The summed E-state index contributed by atoms with van der Waals surface area (Å²) in [7, 11) is 0. The largest absolute Gasteiger partial charge is 0.337 e. The van der Waals surface area contributed by atoms with E-state index in [1.54, 1.807) is 11.3 Å². The number of nitrogens with two attached hydrogens (primary N) is 1. The van der Waals surface area contributed by atoms with Crippen molar-refractivity contribution in [2.45, 2.75) is 12.5 Å². The summed E-state index contributed by atoms with van der Waals surface area (Å²) in [6, 6.07) is 11.1. The number of thiophene rings is 1. The Morgan fingerprint density at radius 3 is 2.75 bits per heavy atom. The SMILES string of the molecule is NC(c1nc(Cc2ccc(Cl)cc2)no1)c1cccs1. The second kappa shape index (κ2) is 5.75. The molecule has 0 aliphatic heterocycles. The fourth-order valence-electron chi connectivity index (χ4n) is 1.84. The first kappa shape index (κ1) is 13.3. The summed E-state index contributed by atoms with van der Waals surface area (Å²) in [6.45, 7) is 0. The van der Waals surface area contributed by atoms with Crippen molar-refractivity contribution >= 4 is 22.9 Å². The molecule has 1 unspecified atom stereocenters. The van der Waals surface area contributed by atoms with E-state index in [-0.39, 0.29) is 6.04 Å². The van der Waals surface area contributed by atoms with Gasteiger partial charge in [0.2, 0.25) is 5.89 Å². The molecule has 102 valence electrons. The molecule has 2 N–H and O–H groups in total. The Kier molecular flexibility index (Phi) is 3.82. The van der Waals surface area contributed by atoms with Crippen LogP contribution < -0.4 is 5.73 Å². The van der Waals surface area contributed by atoms with E-state index in [1.165, 1.54) is 0 Å². The Bertz CT molecular complexity index is 679. The van der Waals surface area contributed by atoms with Gasteiger partial charge in [-0.25, -0.2) is 0 Å². The molecule has 0 fully saturated rings. The zero-order valence-corrected chi connectivity index (χ0v) is 12.1. The second-order valence-electron chi connectivity index (χ2n) is 4.35. The molecule has 4 nitrogen and oxygen atoms in total. The molecule has 3 aromatic rings. The number of hydrogen-bond acceptors (Lipinski definition) is 5. The number of halogens is 1. The summed E-state index contributed by atoms with van der Waals surface area (Å²) in [5.74, 6) is 1.06. The van der Waals surface area contributed by atoms with E-state index >= 15 is 0 Å². The highest BCUT2D eigenvalue weighted by molar-refractivity contribution is 7.10. The highest BCUT2D eigenvalue weighted by Gasteiger charge is 2.17. The van der Waals surface area contributed by atoms with E-state index in [0.717, 1.165) is 10.4 Å². The van der Waals surface area contributed by atoms with Crippen molar-refractivity contribution in [3.8, 4) is 0 Å². The average Bonchev–Trinajstić information content (AvgIpc) is 3.12. The summed E-state index contributed by atoms with van der Waals surface area (Å²) in [6.07, 6.45) is 0.595. The summed E-state index contributed by atoms with van der Waals surface area (Å²) < 4.78 is 5.24. The molecule has 0 spiro atoms. The molecule has 0 bridgehead atoms. The molecule has 0 radical (unpaired) electrons. The summed E-state index contributed by atoms with van der Waals surface area (Å²) in [4.78, 5) is 5.36. The maximum absolute atomic E-state index is 6.08. The molecule has 6 heteroatoms. The van der Waals surface area contributed by atoms with Gasteiger partial charge < -0.3 is 10.3 Å². The van der Waals surface area contributed by atoms with Gasteiger partial charge in [-0.15, -0.1) is 11.3 Å². The van der Waals surface area contributed by atoms with Crippen molar-refractivity contribution in [1.29, 1.82) is 0 Å². The number of rotatable bonds is 4. The summed E-state index contributed by atoms with van der Waals surface area (Å²) >= 11 is 7.43. The topological polar surface area (TPSA) is 64.9 Å². The van der Waals surface area contributed by atoms with Crippen LogP contribution in [0.2, 0.25) is 5.02 Å². The summed E-state index contributed by atoms with van der Waals surface area (Å²) in [5.41, 5.74) is 7.16. The first-order chi connectivity index (χ1) is 9.72. The van der Waals surface area contributed by atoms with Gasteiger partial charge in [-0.1, -0.05) is 35.0 Å². The number of benzene rings is 1. The lowest BCUT2D eigenvalue weighted by Gasteiger charge is -2.01. The Labute approximate surface area is 125 Å². The van der Waals surface area contributed by atoms with Gasteiger partial charge in [0, 0.05) is 16.3 Å². The van der Waals surface area contributed by atoms with Gasteiger partial charge in [-0.05, 0) is 29.1 Å². The molecule has 1 atom stereocenters. The monoisotopic (exact) mass is 305 g/mol. The quantitative estimate of drug-likeness (QED) is 0.802. The van der Waals surface area contributed by atoms with Crippen LogP contribution in [-0.4, -0.2) is 10.1 Å². The third kappa shape index (κ3) is 2.90. The van der Waals surface area contributed by atoms with Crippen LogP contribution in [0.3, 0.4) is 0 Å². The normalized spacial score (nSPS) is 12.5. The maximum Gasteiger partial charge on any atom is 0.248 e. The standard InChI is InChI=1S/C14H12ClN3OS/c15-10-5-3-9(4-6-10)8-12-17-14(19-18-12)13(16)11-2-1-7-20-11/h1-7,13H,8,16H2. The van der Waals surface area contributed by atoms with Crippen molar-refractivity contribution in [2.24, 2.45) is 5.73 Å². The number of hydrogen-bond donors (Lipinski definition) is 1. The van der Waals surface area contributed by atoms with Gasteiger partial charge in [0.1, 0.15) is 6.04 Å². The number of nitrogens with zero attached hydrogens (tertiary/aromatic N) is 2. The third-order valence-corrected chi connectivity index (χ3v) is 4.08. The molecule has 1 aromatic carbocycles. The molecule has 0 aliphatic rings. The van der Waals surface area contributed by atoms with Crippen LogP contribution in [0.15, 0.2) is 46.3 Å². The molecule has 2 heterocycles. The van der Waals surface area contributed by atoms with Gasteiger partial charge in [0.15, 0.2) is 5.82 Å². The minimum Gasteiger partial charge on any atom is -0.337 e. The van der Waals surface area contributed by atoms with Gasteiger partial charge in [0.25, 0.3) is 0 Å². The van der Waals surface area contributed by atoms with Gasteiger partial charge in [0.05, 0.1) is 0 Å². The Morgan fingerprint density at radius 2 is 2.05 bits per heavy atom. The molecule has 0 saturated heterocycles. The number of aromatic nitrogens is 2. The fourth-order valence-corrected chi connectivity index (χ4v) is 2.69. The smallest absolute Gasteiger partial charge is 0.248 e. The highest BCUT2D eigenvalue weighted by Crippen LogP contribution is 2.22. The van der Waals surface area contributed by atoms with Crippen LogP contribution in [0.1, 0.15) is 28.2 Å². The predicted molar refractivity (Wildman–Crippen MR) is 78.9 cm³/mol. The van der Waals surface area contributed by atoms with E-state index in [0.29, 0.717) is 23.2 Å². The average molecular weight is 306 g/mol. The minimum atomic E-state index is -0.360. The minimum absolute atomic E-state index is 0.360. The molecule has 3 rings (SSSR count). The van der Waals surface area contributed by atoms with Crippen molar-refractivity contribution in [3.63, 3.8) is 0 Å². The van der Waals surface area contributed by atoms with Crippen LogP contribution in [0, 0.1) is 0 Å². The Balaban J connectivity index is 1.75. The molecular weight excluding hydrogens is 294 g/mol. The molecule has 0 amide bonds. The third-order valence-electron chi connectivity index (χ3n) is 2.88. The van der Waals surface area contributed by atoms with Crippen LogP contribution in [0.25, 0.3) is 0 Å². The van der Waals surface area contributed by atoms with Gasteiger partial charge >= 0.3 is 0 Å². The lowest BCUT2D eigenvalue weighted by molar-refractivity contribution is 0.364. The van der Waals surface area contributed by atoms with E-state index < -0.39 is 0 Å². The van der Waals surface area contributed by atoms with Gasteiger partial charge in [-0.2, -0.15) is 4.98 Å². The molecule has 2 aromatic heterocycles. The molecular formula is C14H12ClN3OS. The maximum atomic E-state index is 6.08. The van der Waals surface area contributed by atoms with E-state index in [4.69, 9.17) is 21.9 Å². The van der Waals surface area contributed by atoms with E-state index in [2.05, 4.69) is 10.1 Å². The lowest BCUT2D eigenvalue weighted by atomic mass is 10.1. The van der Waals surface area contributed by atoms with Crippen molar-refractivity contribution in [2.75, 3.05) is 0 Å². The molecule has 20 heavy (non-hydrogen) atoms. The van der Waals surface area contributed by atoms with Crippen LogP contribution in [0.5, 0.6) is 0 Å². The molecule has 0 saturated carbocycles.